The van der Waals surface area contributed by atoms with Crippen LogP contribution in [0, 0.1) is 13.8 Å². The van der Waals surface area contributed by atoms with Gasteiger partial charge in [0, 0.05) is 18.1 Å². The molecular formula is C22H27ClN2O3. The number of ether oxygens (including phenoxy) is 1. The Kier molecular flexibility index (Phi) is 7.88. The van der Waals surface area contributed by atoms with E-state index in [4.69, 9.17) is 16.3 Å². The van der Waals surface area contributed by atoms with Crippen LogP contribution in [-0.4, -0.2) is 35.9 Å². The Hall–Kier alpha value is -2.53. The highest BCUT2D eigenvalue weighted by Crippen LogP contribution is 2.21. The van der Waals surface area contributed by atoms with Gasteiger partial charge in [0.1, 0.15) is 11.8 Å². The minimum Gasteiger partial charge on any atom is -0.483 e. The molecule has 0 spiro atoms. The number of carbonyl (C=O) groups excluding carboxylic acids is 2. The molecule has 0 aliphatic heterocycles. The summed E-state index contributed by atoms with van der Waals surface area (Å²) in [5.74, 6) is 0.172. The van der Waals surface area contributed by atoms with Gasteiger partial charge in [-0.3, -0.25) is 9.59 Å². The molecule has 0 fully saturated rings. The molecule has 2 aromatic carbocycles. The molecule has 150 valence electrons. The van der Waals surface area contributed by atoms with Crippen LogP contribution in [0.25, 0.3) is 0 Å². The molecule has 0 aliphatic rings. The van der Waals surface area contributed by atoms with Crippen molar-refractivity contribution in [2.24, 2.45) is 0 Å². The highest BCUT2D eigenvalue weighted by atomic mass is 35.5. The first-order valence-corrected chi connectivity index (χ1v) is 9.72. The molecule has 0 aromatic heterocycles. The minimum atomic E-state index is -0.647. The van der Waals surface area contributed by atoms with Gasteiger partial charge < -0.3 is 15.0 Å². The van der Waals surface area contributed by atoms with Gasteiger partial charge in [0.2, 0.25) is 5.91 Å². The number of halogens is 1. The van der Waals surface area contributed by atoms with Crippen molar-refractivity contribution in [3.63, 3.8) is 0 Å². The summed E-state index contributed by atoms with van der Waals surface area (Å²) in [4.78, 5) is 26.8. The number of benzene rings is 2. The maximum absolute atomic E-state index is 13.0. The van der Waals surface area contributed by atoms with Crippen molar-refractivity contribution in [2.75, 3.05) is 13.2 Å². The third kappa shape index (κ3) is 5.73. The lowest BCUT2D eigenvalue weighted by molar-refractivity contribution is -0.142. The quantitative estimate of drug-likeness (QED) is 0.728. The van der Waals surface area contributed by atoms with Crippen molar-refractivity contribution in [3.05, 3.63) is 64.2 Å². The van der Waals surface area contributed by atoms with E-state index in [2.05, 4.69) is 5.32 Å². The van der Waals surface area contributed by atoms with Gasteiger partial charge in [-0.05, 0) is 56.5 Å². The summed E-state index contributed by atoms with van der Waals surface area (Å²) >= 11 is 6.26. The van der Waals surface area contributed by atoms with E-state index < -0.39 is 6.04 Å². The van der Waals surface area contributed by atoms with E-state index in [0.717, 1.165) is 16.7 Å². The van der Waals surface area contributed by atoms with E-state index in [-0.39, 0.29) is 25.0 Å². The SMILES string of the molecule is CCNC(=O)[C@H](C)N(Cc1ccccc1Cl)C(=O)COc1cc(C)ccc1C. The number of amides is 2. The molecule has 1 N–H and O–H groups in total. The molecule has 0 bridgehead atoms. The molecular weight excluding hydrogens is 376 g/mol. The molecule has 0 saturated carbocycles. The Morgan fingerprint density at radius 3 is 2.57 bits per heavy atom. The van der Waals surface area contributed by atoms with E-state index in [1.165, 1.54) is 4.90 Å². The highest BCUT2D eigenvalue weighted by Gasteiger charge is 2.26. The van der Waals surface area contributed by atoms with E-state index in [1.807, 2.05) is 57.2 Å². The average molecular weight is 403 g/mol. The molecule has 0 aliphatic carbocycles. The second kappa shape index (κ2) is 10.1. The van der Waals surface area contributed by atoms with E-state index in [0.29, 0.717) is 17.3 Å². The second-order valence-electron chi connectivity index (χ2n) is 6.74. The maximum atomic E-state index is 13.0. The summed E-state index contributed by atoms with van der Waals surface area (Å²) < 4.78 is 5.76. The van der Waals surface area contributed by atoms with Gasteiger partial charge in [0.05, 0.1) is 0 Å². The standard InChI is InChI=1S/C22H27ClN2O3/c1-5-24-22(27)17(4)25(13-18-8-6-7-9-19(18)23)21(26)14-28-20-12-15(2)10-11-16(20)3/h6-12,17H,5,13-14H2,1-4H3,(H,24,27)/t17-/m0/s1. The van der Waals surface area contributed by atoms with Crippen molar-refractivity contribution in [2.45, 2.75) is 40.3 Å². The van der Waals surface area contributed by atoms with Crippen molar-refractivity contribution >= 4 is 23.4 Å². The van der Waals surface area contributed by atoms with Gasteiger partial charge in [-0.25, -0.2) is 0 Å². The van der Waals surface area contributed by atoms with Gasteiger partial charge in [-0.15, -0.1) is 0 Å². The monoisotopic (exact) mass is 402 g/mol. The maximum Gasteiger partial charge on any atom is 0.261 e. The van der Waals surface area contributed by atoms with Gasteiger partial charge in [0.25, 0.3) is 5.91 Å². The summed E-state index contributed by atoms with van der Waals surface area (Å²) in [7, 11) is 0. The van der Waals surface area contributed by atoms with E-state index in [9.17, 15) is 9.59 Å². The number of hydrogen-bond donors (Lipinski definition) is 1. The molecule has 1 atom stereocenters. The first-order valence-electron chi connectivity index (χ1n) is 9.34. The Balaban J connectivity index is 2.19. The molecule has 2 amide bonds. The van der Waals surface area contributed by atoms with E-state index >= 15 is 0 Å². The van der Waals surface area contributed by atoms with Crippen molar-refractivity contribution in [1.29, 1.82) is 0 Å². The summed E-state index contributed by atoms with van der Waals surface area (Å²) in [6.45, 7) is 8.01. The molecule has 2 aromatic rings. The van der Waals surface area contributed by atoms with Crippen LogP contribution in [-0.2, 0) is 16.1 Å². The first kappa shape index (κ1) is 21.8. The number of nitrogens with zero attached hydrogens (tertiary/aromatic N) is 1. The zero-order chi connectivity index (χ0) is 20.7. The fraction of sp³-hybridized carbons (Fsp3) is 0.364. The number of rotatable bonds is 8. The van der Waals surface area contributed by atoms with Crippen molar-refractivity contribution in [3.8, 4) is 5.75 Å². The molecule has 0 radical (unpaired) electrons. The van der Waals surface area contributed by atoms with Gasteiger partial charge in [-0.1, -0.05) is 41.9 Å². The summed E-state index contributed by atoms with van der Waals surface area (Å²) in [6.07, 6.45) is 0. The van der Waals surface area contributed by atoms with Crippen LogP contribution in [0.4, 0.5) is 0 Å². The minimum absolute atomic E-state index is 0.154. The number of carbonyl (C=O) groups is 2. The molecule has 0 unspecified atom stereocenters. The van der Waals surface area contributed by atoms with Crippen LogP contribution < -0.4 is 10.1 Å². The van der Waals surface area contributed by atoms with Crippen LogP contribution in [0.5, 0.6) is 5.75 Å². The lowest BCUT2D eigenvalue weighted by Crippen LogP contribution is -2.49. The third-order valence-corrected chi connectivity index (χ3v) is 4.88. The number of hydrogen-bond acceptors (Lipinski definition) is 3. The average Bonchev–Trinajstić information content (AvgIpc) is 2.67. The molecule has 0 saturated heterocycles. The van der Waals surface area contributed by atoms with Crippen LogP contribution in [0.15, 0.2) is 42.5 Å². The van der Waals surface area contributed by atoms with Crippen molar-refractivity contribution < 1.29 is 14.3 Å². The highest BCUT2D eigenvalue weighted by molar-refractivity contribution is 6.31. The van der Waals surface area contributed by atoms with Crippen LogP contribution >= 0.6 is 11.6 Å². The normalized spacial score (nSPS) is 11.6. The van der Waals surface area contributed by atoms with Crippen LogP contribution in [0.2, 0.25) is 5.02 Å². The number of nitrogens with one attached hydrogen (secondary N) is 1. The zero-order valence-corrected chi connectivity index (χ0v) is 17.5. The molecule has 2 rings (SSSR count). The predicted molar refractivity (Wildman–Crippen MR) is 112 cm³/mol. The molecule has 28 heavy (non-hydrogen) atoms. The number of likely N-dealkylation sites (N-methyl/N-ethyl adjacent to an activating group) is 1. The fourth-order valence-corrected chi connectivity index (χ4v) is 3.00. The van der Waals surface area contributed by atoms with Crippen LogP contribution in [0.3, 0.4) is 0 Å². The van der Waals surface area contributed by atoms with Gasteiger partial charge in [-0.2, -0.15) is 0 Å². The summed E-state index contributed by atoms with van der Waals surface area (Å²) in [5.41, 5.74) is 2.78. The summed E-state index contributed by atoms with van der Waals surface area (Å²) in [5, 5.41) is 3.32. The molecule has 0 heterocycles. The lowest BCUT2D eigenvalue weighted by atomic mass is 10.1. The Morgan fingerprint density at radius 1 is 1.18 bits per heavy atom. The molecule has 5 nitrogen and oxygen atoms in total. The molecule has 6 heteroatoms. The number of aryl methyl sites for hydroxylation is 2. The Labute approximate surface area is 171 Å². The smallest absolute Gasteiger partial charge is 0.261 e. The lowest BCUT2D eigenvalue weighted by Gasteiger charge is -2.29. The largest absolute Gasteiger partial charge is 0.483 e. The predicted octanol–water partition coefficient (Wildman–Crippen LogP) is 3.89. The van der Waals surface area contributed by atoms with Gasteiger partial charge >= 0.3 is 0 Å². The Morgan fingerprint density at radius 2 is 1.89 bits per heavy atom. The third-order valence-electron chi connectivity index (χ3n) is 4.51. The topological polar surface area (TPSA) is 58.6 Å². The van der Waals surface area contributed by atoms with Gasteiger partial charge in [0.15, 0.2) is 6.61 Å². The summed E-state index contributed by atoms with van der Waals surface area (Å²) in [6, 6.07) is 12.5. The van der Waals surface area contributed by atoms with Crippen LogP contribution in [0.1, 0.15) is 30.5 Å². The Bertz CT molecular complexity index is 838. The fourth-order valence-electron chi connectivity index (χ4n) is 2.80. The van der Waals surface area contributed by atoms with E-state index in [1.54, 1.807) is 13.0 Å². The second-order valence-corrected chi connectivity index (χ2v) is 7.15. The van der Waals surface area contributed by atoms with Crippen molar-refractivity contribution in [1.82, 2.24) is 10.2 Å². The zero-order valence-electron chi connectivity index (χ0n) is 16.8. The first-order chi connectivity index (χ1) is 13.3.